The summed E-state index contributed by atoms with van der Waals surface area (Å²) in [5.74, 6) is -0.903. The van der Waals surface area contributed by atoms with E-state index in [1.54, 1.807) is 4.90 Å². The van der Waals surface area contributed by atoms with Gasteiger partial charge in [0.1, 0.15) is 0 Å². The molecule has 0 aromatic heterocycles. The normalized spacial score (nSPS) is 11.2. The largest absolute Gasteiger partial charge is 0.480 e. The van der Waals surface area contributed by atoms with Crippen LogP contribution in [0.2, 0.25) is 0 Å². The molecule has 0 radical (unpaired) electrons. The zero-order valence-electron chi connectivity index (χ0n) is 7.66. The summed E-state index contributed by atoms with van der Waals surface area (Å²) < 4.78 is 0. The lowest BCUT2D eigenvalue weighted by Gasteiger charge is -2.31. The van der Waals surface area contributed by atoms with Crippen molar-refractivity contribution in [2.75, 3.05) is 13.1 Å². The predicted octanol–water partition coefficient (Wildman–Crippen LogP) is 0.695. The molecule has 0 saturated heterocycles. The third-order valence-electron chi connectivity index (χ3n) is 1.54. The van der Waals surface area contributed by atoms with E-state index in [-0.39, 0.29) is 18.6 Å². The second-order valence-corrected chi connectivity index (χ2v) is 3.58. The molecule has 4 nitrogen and oxygen atoms in total. The number of carbonyl (C=O) groups is 1. The van der Waals surface area contributed by atoms with Crippen LogP contribution in [0.1, 0.15) is 20.8 Å². The molecule has 0 aromatic rings. The number of nitriles is 1. The molecular weight excluding hydrogens is 156 g/mol. The van der Waals surface area contributed by atoms with Gasteiger partial charge in [0.05, 0.1) is 19.2 Å². The molecule has 0 heterocycles. The number of hydrogen-bond donors (Lipinski definition) is 1. The molecule has 0 aliphatic rings. The average molecular weight is 170 g/mol. The summed E-state index contributed by atoms with van der Waals surface area (Å²) in [6, 6.07) is 1.94. The molecule has 0 aliphatic carbocycles. The quantitative estimate of drug-likeness (QED) is 0.633. The van der Waals surface area contributed by atoms with Gasteiger partial charge in [0, 0.05) is 5.54 Å². The fourth-order valence-corrected chi connectivity index (χ4v) is 0.779. The van der Waals surface area contributed by atoms with Crippen molar-refractivity contribution in [1.29, 1.82) is 5.26 Å². The maximum absolute atomic E-state index is 10.4. The predicted molar refractivity (Wildman–Crippen MR) is 44.6 cm³/mol. The van der Waals surface area contributed by atoms with Gasteiger partial charge in [-0.1, -0.05) is 0 Å². The molecule has 0 amide bonds. The lowest BCUT2D eigenvalue weighted by molar-refractivity contribution is -0.139. The average Bonchev–Trinajstić information content (AvgIpc) is 1.83. The van der Waals surface area contributed by atoms with Gasteiger partial charge in [-0.25, -0.2) is 0 Å². The van der Waals surface area contributed by atoms with E-state index in [1.807, 2.05) is 26.8 Å². The lowest BCUT2D eigenvalue weighted by atomic mass is 10.1. The van der Waals surface area contributed by atoms with Crippen molar-refractivity contribution in [3.63, 3.8) is 0 Å². The van der Waals surface area contributed by atoms with Gasteiger partial charge in [-0.05, 0) is 20.8 Å². The topological polar surface area (TPSA) is 64.3 Å². The van der Waals surface area contributed by atoms with Crippen LogP contribution < -0.4 is 0 Å². The molecule has 0 unspecified atom stereocenters. The highest BCUT2D eigenvalue weighted by Crippen LogP contribution is 2.11. The summed E-state index contributed by atoms with van der Waals surface area (Å²) in [5, 5.41) is 17.0. The van der Waals surface area contributed by atoms with Gasteiger partial charge in [-0.15, -0.1) is 0 Å². The van der Waals surface area contributed by atoms with Crippen molar-refractivity contribution in [1.82, 2.24) is 4.90 Å². The van der Waals surface area contributed by atoms with E-state index in [4.69, 9.17) is 10.4 Å². The Bertz CT molecular complexity index is 200. The van der Waals surface area contributed by atoms with Crippen LogP contribution in [0.25, 0.3) is 0 Å². The number of carboxylic acids is 1. The van der Waals surface area contributed by atoms with Crippen LogP contribution in [0, 0.1) is 11.3 Å². The zero-order valence-corrected chi connectivity index (χ0v) is 7.66. The van der Waals surface area contributed by atoms with Crippen molar-refractivity contribution in [3.05, 3.63) is 0 Å². The molecule has 0 saturated carbocycles. The Morgan fingerprint density at radius 3 is 2.33 bits per heavy atom. The van der Waals surface area contributed by atoms with Crippen molar-refractivity contribution in [2.24, 2.45) is 0 Å². The summed E-state index contributed by atoms with van der Waals surface area (Å²) in [5.41, 5.74) is -0.270. The first-order valence-electron chi connectivity index (χ1n) is 3.71. The summed E-state index contributed by atoms with van der Waals surface area (Å²) in [4.78, 5) is 12.0. The van der Waals surface area contributed by atoms with Gasteiger partial charge < -0.3 is 5.11 Å². The van der Waals surface area contributed by atoms with Crippen LogP contribution >= 0.6 is 0 Å². The Labute approximate surface area is 72.4 Å². The van der Waals surface area contributed by atoms with Crippen LogP contribution in [0.3, 0.4) is 0 Å². The minimum absolute atomic E-state index is 0.0863. The standard InChI is InChI=1S/C8H14N2O2/c1-8(2,3)10(5-4-9)6-7(11)12/h5-6H2,1-3H3,(H,11,12). The van der Waals surface area contributed by atoms with Crippen LogP contribution in [0.5, 0.6) is 0 Å². The first-order chi connectivity index (χ1) is 5.38. The fraction of sp³-hybridized carbons (Fsp3) is 0.750. The monoisotopic (exact) mass is 170 g/mol. The minimum Gasteiger partial charge on any atom is -0.480 e. The number of nitrogens with zero attached hydrogens (tertiary/aromatic N) is 2. The Kier molecular flexibility index (Phi) is 3.71. The highest BCUT2D eigenvalue weighted by atomic mass is 16.4. The maximum atomic E-state index is 10.4. The number of hydrogen-bond acceptors (Lipinski definition) is 3. The second-order valence-electron chi connectivity index (χ2n) is 3.58. The Balaban J connectivity index is 4.25. The smallest absolute Gasteiger partial charge is 0.317 e. The van der Waals surface area contributed by atoms with E-state index in [0.717, 1.165) is 0 Å². The molecule has 68 valence electrons. The molecular formula is C8H14N2O2. The molecule has 12 heavy (non-hydrogen) atoms. The molecule has 0 atom stereocenters. The fourth-order valence-electron chi connectivity index (χ4n) is 0.779. The van der Waals surface area contributed by atoms with E-state index in [9.17, 15) is 4.79 Å². The van der Waals surface area contributed by atoms with Crippen LogP contribution in [0.4, 0.5) is 0 Å². The number of rotatable bonds is 3. The van der Waals surface area contributed by atoms with Crippen LogP contribution in [-0.4, -0.2) is 34.6 Å². The molecule has 0 fully saturated rings. The Morgan fingerprint density at radius 1 is 1.58 bits per heavy atom. The minimum atomic E-state index is -0.903. The van der Waals surface area contributed by atoms with Gasteiger partial charge in [0.15, 0.2) is 0 Å². The number of aliphatic carboxylic acids is 1. The van der Waals surface area contributed by atoms with E-state index in [0.29, 0.717) is 0 Å². The van der Waals surface area contributed by atoms with Crippen molar-refractivity contribution >= 4 is 5.97 Å². The molecule has 0 aliphatic heterocycles. The molecule has 0 rings (SSSR count). The highest BCUT2D eigenvalue weighted by Gasteiger charge is 2.22. The molecule has 4 heteroatoms. The van der Waals surface area contributed by atoms with E-state index < -0.39 is 5.97 Å². The summed E-state index contributed by atoms with van der Waals surface area (Å²) in [6.07, 6.45) is 0. The van der Waals surface area contributed by atoms with E-state index in [1.165, 1.54) is 0 Å². The van der Waals surface area contributed by atoms with Crippen LogP contribution in [0.15, 0.2) is 0 Å². The molecule has 0 aromatic carbocycles. The molecule has 0 bridgehead atoms. The third kappa shape index (κ3) is 3.94. The second kappa shape index (κ2) is 4.07. The summed E-state index contributed by atoms with van der Waals surface area (Å²) >= 11 is 0. The highest BCUT2D eigenvalue weighted by molar-refractivity contribution is 5.69. The first kappa shape index (κ1) is 10.9. The SMILES string of the molecule is CC(C)(C)N(CC#N)CC(=O)O. The summed E-state index contributed by atoms with van der Waals surface area (Å²) in [6.45, 7) is 5.71. The van der Waals surface area contributed by atoms with Crippen molar-refractivity contribution < 1.29 is 9.90 Å². The van der Waals surface area contributed by atoms with Gasteiger partial charge in [0.2, 0.25) is 0 Å². The third-order valence-corrected chi connectivity index (χ3v) is 1.54. The molecule has 1 N–H and O–H groups in total. The maximum Gasteiger partial charge on any atom is 0.317 e. The number of carboxylic acid groups (broad SMARTS) is 1. The van der Waals surface area contributed by atoms with Gasteiger partial charge in [-0.3, -0.25) is 9.69 Å². The van der Waals surface area contributed by atoms with Crippen LogP contribution in [-0.2, 0) is 4.79 Å². The zero-order chi connectivity index (χ0) is 9.78. The Hall–Kier alpha value is -1.08. The van der Waals surface area contributed by atoms with Gasteiger partial charge in [0.25, 0.3) is 0 Å². The van der Waals surface area contributed by atoms with E-state index >= 15 is 0 Å². The lowest BCUT2D eigenvalue weighted by Crippen LogP contribution is -2.44. The van der Waals surface area contributed by atoms with Gasteiger partial charge in [-0.2, -0.15) is 5.26 Å². The van der Waals surface area contributed by atoms with Crippen molar-refractivity contribution in [3.8, 4) is 6.07 Å². The first-order valence-corrected chi connectivity index (χ1v) is 3.71. The summed E-state index contributed by atoms with van der Waals surface area (Å²) in [7, 11) is 0. The Morgan fingerprint density at radius 2 is 2.08 bits per heavy atom. The van der Waals surface area contributed by atoms with E-state index in [2.05, 4.69) is 0 Å². The van der Waals surface area contributed by atoms with Crippen molar-refractivity contribution in [2.45, 2.75) is 26.3 Å². The molecule has 0 spiro atoms. The van der Waals surface area contributed by atoms with Gasteiger partial charge >= 0.3 is 5.97 Å².